The fraction of sp³-hybridized carbons (Fsp3) is 0.692. The SMILES string of the molecule is O=P(O)(O)C(C1=CCCCC1)C1=CCCCC1. The van der Waals surface area contributed by atoms with Gasteiger partial charge < -0.3 is 9.79 Å². The van der Waals surface area contributed by atoms with Crippen LogP contribution in [0.1, 0.15) is 51.4 Å². The third-order valence-corrected chi connectivity index (χ3v) is 5.03. The summed E-state index contributed by atoms with van der Waals surface area (Å²) in [6, 6.07) is 0. The molecular formula is C13H21O3P. The third kappa shape index (κ3) is 3.31. The van der Waals surface area contributed by atoms with Crippen molar-refractivity contribution in [1.82, 2.24) is 0 Å². The van der Waals surface area contributed by atoms with Crippen molar-refractivity contribution in [3.05, 3.63) is 23.3 Å². The first-order valence-corrected chi connectivity index (χ1v) is 8.20. The van der Waals surface area contributed by atoms with Crippen LogP contribution in [0.25, 0.3) is 0 Å². The third-order valence-electron chi connectivity index (χ3n) is 3.69. The lowest BCUT2D eigenvalue weighted by molar-refractivity contribution is 0.364. The van der Waals surface area contributed by atoms with Gasteiger partial charge in [0.1, 0.15) is 5.66 Å². The average Bonchev–Trinajstić information content (AvgIpc) is 2.30. The van der Waals surface area contributed by atoms with Crippen molar-refractivity contribution in [3.63, 3.8) is 0 Å². The van der Waals surface area contributed by atoms with Gasteiger partial charge in [-0.1, -0.05) is 23.3 Å². The van der Waals surface area contributed by atoms with Gasteiger partial charge in [0.15, 0.2) is 0 Å². The van der Waals surface area contributed by atoms with Crippen LogP contribution in [0.2, 0.25) is 0 Å². The summed E-state index contributed by atoms with van der Waals surface area (Å²) in [5.41, 5.74) is 1.36. The molecular weight excluding hydrogens is 235 g/mol. The molecule has 0 aromatic rings. The molecule has 4 heteroatoms. The van der Waals surface area contributed by atoms with Crippen molar-refractivity contribution in [3.8, 4) is 0 Å². The van der Waals surface area contributed by atoms with Crippen LogP contribution in [-0.2, 0) is 4.57 Å². The quantitative estimate of drug-likeness (QED) is 0.600. The lowest BCUT2D eigenvalue weighted by atomic mass is 9.89. The maximum atomic E-state index is 11.7. The number of allylic oxidation sites excluding steroid dienone is 4. The molecule has 2 rings (SSSR count). The van der Waals surface area contributed by atoms with Gasteiger partial charge in [0.25, 0.3) is 0 Å². The van der Waals surface area contributed by atoms with Crippen LogP contribution in [-0.4, -0.2) is 15.4 Å². The van der Waals surface area contributed by atoms with E-state index >= 15 is 0 Å². The van der Waals surface area contributed by atoms with Crippen LogP contribution < -0.4 is 0 Å². The Hall–Kier alpha value is -0.370. The van der Waals surface area contributed by atoms with Crippen molar-refractivity contribution >= 4 is 7.60 Å². The average molecular weight is 256 g/mol. The summed E-state index contributed by atoms with van der Waals surface area (Å²) in [6.45, 7) is 0. The number of rotatable bonds is 3. The van der Waals surface area contributed by atoms with Gasteiger partial charge >= 0.3 is 7.60 Å². The van der Waals surface area contributed by atoms with Crippen LogP contribution >= 0.6 is 7.60 Å². The monoisotopic (exact) mass is 256 g/mol. The van der Waals surface area contributed by atoms with E-state index in [1.54, 1.807) is 0 Å². The minimum atomic E-state index is -4.05. The summed E-state index contributed by atoms with van der Waals surface area (Å²) in [5, 5.41) is 0. The van der Waals surface area contributed by atoms with Gasteiger partial charge in [0, 0.05) is 0 Å². The molecule has 2 N–H and O–H groups in total. The van der Waals surface area contributed by atoms with Crippen molar-refractivity contribution in [2.45, 2.75) is 57.0 Å². The standard InChI is InChI=1S/C13H21O3P/c14-17(15,16)13(11-7-3-1-4-8-11)12-9-5-2-6-10-12/h7,9,13H,1-6,8,10H2,(H2,14,15,16). The van der Waals surface area contributed by atoms with Gasteiger partial charge in [-0.25, -0.2) is 0 Å². The van der Waals surface area contributed by atoms with Gasteiger partial charge in [-0.2, -0.15) is 0 Å². The fourth-order valence-electron chi connectivity index (χ4n) is 2.89. The maximum absolute atomic E-state index is 11.7. The van der Waals surface area contributed by atoms with Crippen LogP contribution in [0.4, 0.5) is 0 Å². The normalized spacial score (nSPS) is 22.3. The molecule has 0 radical (unpaired) electrons. The van der Waals surface area contributed by atoms with Crippen LogP contribution in [0.15, 0.2) is 23.3 Å². The molecule has 0 aliphatic heterocycles. The largest absolute Gasteiger partial charge is 0.336 e. The molecule has 17 heavy (non-hydrogen) atoms. The molecule has 3 nitrogen and oxygen atoms in total. The van der Waals surface area contributed by atoms with Gasteiger partial charge in [-0.05, 0) is 51.4 Å². The molecule has 0 amide bonds. The molecule has 0 fully saturated rings. The van der Waals surface area contributed by atoms with Gasteiger partial charge in [0.05, 0.1) is 0 Å². The molecule has 0 unspecified atom stereocenters. The second-order valence-corrected chi connectivity index (χ2v) is 6.74. The Morgan fingerprint density at radius 3 is 1.71 bits per heavy atom. The molecule has 2 aliphatic rings. The summed E-state index contributed by atoms with van der Waals surface area (Å²) in [6.07, 6.45) is 12.2. The zero-order valence-corrected chi connectivity index (χ0v) is 11.0. The first kappa shape index (κ1) is 13.1. The predicted molar refractivity (Wildman–Crippen MR) is 68.9 cm³/mol. The minimum Gasteiger partial charge on any atom is -0.324 e. The highest BCUT2D eigenvalue weighted by Crippen LogP contribution is 2.51. The molecule has 0 saturated heterocycles. The molecule has 0 aromatic carbocycles. The topological polar surface area (TPSA) is 57.5 Å². The Labute approximate surface area is 103 Å². The number of hydrogen-bond acceptors (Lipinski definition) is 1. The Kier molecular flexibility index (Phi) is 4.24. The minimum absolute atomic E-state index is 0.608. The van der Waals surface area contributed by atoms with Crippen molar-refractivity contribution in [2.24, 2.45) is 0 Å². The molecule has 96 valence electrons. The smallest absolute Gasteiger partial charge is 0.324 e. The summed E-state index contributed by atoms with van der Waals surface area (Å²) in [7, 11) is -4.05. The first-order chi connectivity index (χ1) is 8.09. The Morgan fingerprint density at radius 1 is 0.941 bits per heavy atom. The Morgan fingerprint density at radius 2 is 1.41 bits per heavy atom. The molecule has 0 aromatic heterocycles. The molecule has 0 spiro atoms. The van der Waals surface area contributed by atoms with E-state index < -0.39 is 13.3 Å². The molecule has 0 bridgehead atoms. The zero-order chi connectivity index (χ0) is 12.3. The van der Waals surface area contributed by atoms with E-state index in [4.69, 9.17) is 0 Å². The number of hydrogen-bond donors (Lipinski definition) is 2. The Bertz CT molecular complexity index is 352. The van der Waals surface area contributed by atoms with E-state index in [2.05, 4.69) is 12.2 Å². The highest BCUT2D eigenvalue weighted by Gasteiger charge is 2.35. The summed E-state index contributed by atoms with van der Waals surface area (Å²) in [4.78, 5) is 19.2. The fourth-order valence-corrected chi connectivity index (χ4v) is 4.23. The van der Waals surface area contributed by atoms with E-state index in [0.717, 1.165) is 62.5 Å². The predicted octanol–water partition coefficient (Wildman–Crippen LogP) is 3.53. The van der Waals surface area contributed by atoms with E-state index in [1.165, 1.54) is 0 Å². The van der Waals surface area contributed by atoms with Gasteiger partial charge in [0.2, 0.25) is 0 Å². The zero-order valence-electron chi connectivity index (χ0n) is 10.1. The summed E-state index contributed by atoms with van der Waals surface area (Å²) < 4.78 is 11.7. The van der Waals surface area contributed by atoms with E-state index in [9.17, 15) is 14.4 Å². The first-order valence-electron chi connectivity index (χ1n) is 6.52. The van der Waals surface area contributed by atoms with Crippen LogP contribution in [0, 0.1) is 0 Å². The highest BCUT2D eigenvalue weighted by molar-refractivity contribution is 7.53. The van der Waals surface area contributed by atoms with Gasteiger partial charge in [-0.3, -0.25) is 4.57 Å². The van der Waals surface area contributed by atoms with E-state index in [-0.39, 0.29) is 0 Å². The summed E-state index contributed by atoms with van der Waals surface area (Å²) in [5.74, 6) is 0. The molecule has 0 saturated carbocycles. The highest BCUT2D eigenvalue weighted by atomic mass is 31.2. The second kappa shape index (κ2) is 5.51. The van der Waals surface area contributed by atoms with Crippen molar-refractivity contribution in [1.29, 1.82) is 0 Å². The van der Waals surface area contributed by atoms with E-state index in [1.807, 2.05) is 0 Å². The lowest BCUT2D eigenvalue weighted by Gasteiger charge is -2.28. The molecule has 0 heterocycles. The van der Waals surface area contributed by atoms with Crippen LogP contribution in [0.5, 0.6) is 0 Å². The van der Waals surface area contributed by atoms with Gasteiger partial charge in [-0.15, -0.1) is 0 Å². The lowest BCUT2D eigenvalue weighted by Crippen LogP contribution is -2.18. The maximum Gasteiger partial charge on any atom is 0.336 e. The van der Waals surface area contributed by atoms with Crippen molar-refractivity contribution < 1.29 is 14.4 Å². The van der Waals surface area contributed by atoms with Crippen molar-refractivity contribution in [2.75, 3.05) is 0 Å². The van der Waals surface area contributed by atoms with Crippen LogP contribution in [0.3, 0.4) is 0 Å². The Balaban J connectivity index is 2.27. The van der Waals surface area contributed by atoms with E-state index in [0.29, 0.717) is 0 Å². The molecule has 0 atom stereocenters. The molecule has 2 aliphatic carbocycles. The second-order valence-electron chi connectivity index (χ2n) is 5.04. The summed E-state index contributed by atoms with van der Waals surface area (Å²) >= 11 is 0.